The topological polar surface area (TPSA) is 72.7 Å². The van der Waals surface area contributed by atoms with Crippen LogP contribution in [-0.2, 0) is 19.4 Å². The average Bonchev–Trinajstić information content (AvgIpc) is 2.90. The lowest BCUT2D eigenvalue weighted by Gasteiger charge is -2.42. The molecule has 0 bridgehead atoms. The van der Waals surface area contributed by atoms with Crippen molar-refractivity contribution in [3.63, 3.8) is 0 Å². The van der Waals surface area contributed by atoms with Crippen molar-refractivity contribution in [1.29, 1.82) is 0 Å². The highest BCUT2D eigenvalue weighted by Crippen LogP contribution is 2.48. The molecule has 1 unspecified atom stereocenters. The first kappa shape index (κ1) is 27.9. The monoisotopic (exact) mass is 521 g/mol. The second-order valence-corrected chi connectivity index (χ2v) is 13.0. The van der Waals surface area contributed by atoms with Gasteiger partial charge < -0.3 is 20.6 Å². The smallest absolute Gasteiger partial charge is 0.108 e. The number of hydrogen-bond donors (Lipinski definition) is 5. The molecule has 0 aromatic heterocycles. The van der Waals surface area contributed by atoms with Crippen molar-refractivity contribution in [1.82, 2.24) is 5.32 Å². The normalized spacial score (nSPS) is 24.7. The second-order valence-electron chi connectivity index (χ2n) is 10.6. The van der Waals surface area contributed by atoms with Crippen molar-refractivity contribution in [3.8, 4) is 0 Å². The van der Waals surface area contributed by atoms with Crippen LogP contribution in [-0.4, -0.2) is 52.2 Å². The van der Waals surface area contributed by atoms with Gasteiger partial charge in [-0.3, -0.25) is 0 Å². The first-order chi connectivity index (χ1) is 17.9. The summed E-state index contributed by atoms with van der Waals surface area (Å²) in [5, 5.41) is 34.4. The number of rotatable bonds is 11. The predicted molar refractivity (Wildman–Crippen MR) is 157 cm³/mol. The quantitative estimate of drug-likeness (QED) is 0.185. The van der Waals surface area contributed by atoms with Gasteiger partial charge in [-0.25, -0.2) is 10.9 Å². The van der Waals surface area contributed by atoms with Gasteiger partial charge >= 0.3 is 0 Å². The summed E-state index contributed by atoms with van der Waals surface area (Å²) < 4.78 is 0. The SMILES string of the molecule is Cc1ccc([C@H]2[C@H](O)[C@H](O)[C@H](O)C[SH]2C)cc1Cc1ccc(CCCCCNCc2ccccc2)cc1. The maximum absolute atomic E-state index is 10.7. The Bertz CT molecular complexity index is 1100. The zero-order valence-corrected chi connectivity index (χ0v) is 23.1. The average molecular weight is 522 g/mol. The zero-order chi connectivity index (χ0) is 26.2. The molecule has 0 spiro atoms. The number of unbranched alkanes of at least 4 members (excludes halogenated alkanes) is 2. The van der Waals surface area contributed by atoms with Crippen LogP contribution >= 0.6 is 10.9 Å². The summed E-state index contributed by atoms with van der Waals surface area (Å²) in [6.07, 6.45) is 4.88. The van der Waals surface area contributed by atoms with Gasteiger partial charge in [0.15, 0.2) is 0 Å². The molecule has 0 aliphatic carbocycles. The molecule has 1 aliphatic heterocycles. The molecule has 4 rings (SSSR count). The van der Waals surface area contributed by atoms with Crippen molar-refractivity contribution in [2.24, 2.45) is 0 Å². The number of aliphatic hydroxyl groups is 3. The fraction of sp³-hybridized carbons (Fsp3) is 0.438. The maximum Gasteiger partial charge on any atom is 0.108 e. The van der Waals surface area contributed by atoms with Gasteiger partial charge in [-0.1, -0.05) is 79.2 Å². The molecule has 0 amide bonds. The predicted octanol–water partition coefficient (Wildman–Crippen LogP) is 4.86. The summed E-state index contributed by atoms with van der Waals surface area (Å²) in [6, 6.07) is 26.0. The van der Waals surface area contributed by atoms with Crippen LogP contribution in [0.1, 0.15) is 57.9 Å². The van der Waals surface area contributed by atoms with E-state index in [0.717, 1.165) is 31.5 Å². The largest absolute Gasteiger partial charge is 0.390 e. The summed E-state index contributed by atoms with van der Waals surface area (Å²) in [5.74, 6) is 0.563. The summed E-state index contributed by atoms with van der Waals surface area (Å²) in [5.41, 5.74) is 7.57. The summed E-state index contributed by atoms with van der Waals surface area (Å²) in [6.45, 7) is 4.13. The van der Waals surface area contributed by atoms with Crippen LogP contribution in [0.15, 0.2) is 72.8 Å². The Morgan fingerprint density at radius 3 is 2.30 bits per heavy atom. The number of nitrogens with one attached hydrogen (secondary N) is 1. The van der Waals surface area contributed by atoms with Crippen molar-refractivity contribution in [2.75, 3.05) is 18.6 Å². The van der Waals surface area contributed by atoms with Gasteiger partial charge in [0.1, 0.15) is 6.10 Å². The molecule has 1 aliphatic rings. The molecule has 1 heterocycles. The molecule has 3 aromatic rings. The Kier molecular flexibility index (Phi) is 10.2. The molecule has 37 heavy (non-hydrogen) atoms. The van der Waals surface area contributed by atoms with Crippen LogP contribution < -0.4 is 5.32 Å². The number of aliphatic hydroxyl groups excluding tert-OH is 3. The molecular formula is C32H43NO3S. The van der Waals surface area contributed by atoms with E-state index in [1.54, 1.807) is 0 Å². The van der Waals surface area contributed by atoms with Crippen LogP contribution in [0.25, 0.3) is 0 Å². The number of thiol groups is 1. The third kappa shape index (κ3) is 7.68. The minimum atomic E-state index is -1.08. The van der Waals surface area contributed by atoms with Crippen molar-refractivity contribution < 1.29 is 15.3 Å². The first-order valence-corrected chi connectivity index (χ1v) is 15.6. The fourth-order valence-corrected chi connectivity index (χ4v) is 7.74. The molecule has 5 heteroatoms. The van der Waals surface area contributed by atoms with Crippen LogP contribution in [0.5, 0.6) is 0 Å². The van der Waals surface area contributed by atoms with E-state index in [0.29, 0.717) is 5.75 Å². The third-order valence-corrected chi connectivity index (χ3v) is 10.1. The number of aryl methyl sites for hydroxylation is 2. The third-order valence-electron chi connectivity index (χ3n) is 7.64. The van der Waals surface area contributed by atoms with E-state index in [9.17, 15) is 15.3 Å². The maximum atomic E-state index is 10.7. The molecule has 3 aromatic carbocycles. The number of hydrogen-bond acceptors (Lipinski definition) is 4. The Morgan fingerprint density at radius 1 is 0.811 bits per heavy atom. The van der Waals surface area contributed by atoms with Crippen molar-refractivity contribution in [2.45, 2.75) is 69.1 Å². The second kappa shape index (κ2) is 13.6. The van der Waals surface area contributed by atoms with E-state index < -0.39 is 29.2 Å². The van der Waals surface area contributed by atoms with Crippen molar-refractivity contribution >= 4 is 10.9 Å². The van der Waals surface area contributed by atoms with Crippen LogP contribution in [0, 0.1) is 6.92 Å². The van der Waals surface area contributed by atoms with Gasteiger partial charge in [0.05, 0.1) is 12.2 Å². The molecule has 5 atom stereocenters. The Balaban J connectivity index is 1.25. The van der Waals surface area contributed by atoms with E-state index in [4.69, 9.17) is 0 Å². The van der Waals surface area contributed by atoms with Gasteiger partial charge in [-0.2, -0.15) is 0 Å². The van der Waals surface area contributed by atoms with Crippen LogP contribution in [0.4, 0.5) is 0 Å². The highest BCUT2D eigenvalue weighted by Gasteiger charge is 2.40. The number of benzene rings is 3. The van der Waals surface area contributed by atoms with E-state index in [1.165, 1.54) is 47.1 Å². The molecular weight excluding hydrogens is 478 g/mol. The molecule has 4 nitrogen and oxygen atoms in total. The highest BCUT2D eigenvalue weighted by atomic mass is 32.2. The lowest BCUT2D eigenvalue weighted by atomic mass is 9.93. The lowest BCUT2D eigenvalue weighted by Crippen LogP contribution is -2.47. The fourth-order valence-electron chi connectivity index (χ4n) is 5.34. The van der Waals surface area contributed by atoms with Gasteiger partial charge in [0, 0.05) is 17.5 Å². The first-order valence-electron chi connectivity index (χ1n) is 13.6. The minimum Gasteiger partial charge on any atom is -0.390 e. The summed E-state index contributed by atoms with van der Waals surface area (Å²) >= 11 is 0. The van der Waals surface area contributed by atoms with Crippen LogP contribution in [0.2, 0.25) is 0 Å². The van der Waals surface area contributed by atoms with Gasteiger partial charge in [0.2, 0.25) is 0 Å². The summed E-state index contributed by atoms with van der Waals surface area (Å²) in [7, 11) is -0.608. The van der Waals surface area contributed by atoms with Gasteiger partial charge in [-0.05, 0) is 78.8 Å². The van der Waals surface area contributed by atoms with Gasteiger partial charge in [0.25, 0.3) is 0 Å². The van der Waals surface area contributed by atoms with E-state index in [1.807, 2.05) is 0 Å². The highest BCUT2D eigenvalue weighted by molar-refractivity contribution is 8.16. The molecule has 200 valence electrons. The Labute approximate surface area is 225 Å². The molecule has 4 N–H and O–H groups in total. The zero-order valence-electron chi connectivity index (χ0n) is 22.2. The molecule has 0 radical (unpaired) electrons. The molecule has 1 saturated heterocycles. The van der Waals surface area contributed by atoms with E-state index >= 15 is 0 Å². The molecule has 1 fully saturated rings. The van der Waals surface area contributed by atoms with E-state index in [-0.39, 0.29) is 5.25 Å². The van der Waals surface area contributed by atoms with Crippen molar-refractivity contribution in [3.05, 3.63) is 106 Å². The summed E-state index contributed by atoms with van der Waals surface area (Å²) in [4.78, 5) is 0. The minimum absolute atomic E-state index is 0.108. The molecule has 0 saturated carbocycles. The standard InChI is InChI=1S/C32H43NO3S/c1-23-12-17-27(32-31(36)30(35)29(34)22-37(32)2)20-28(23)19-25-15-13-24(14-16-25)9-7-4-8-18-33-21-26-10-5-3-6-11-26/h3,5-6,10-17,20,29-37H,4,7-9,18-19,21-22H2,1-2H3/t29-,30-,31-,32+/m1/s1. The Morgan fingerprint density at radius 2 is 1.54 bits per heavy atom. The lowest BCUT2D eigenvalue weighted by molar-refractivity contribution is -0.0561. The Hall–Kier alpha value is -2.15. The van der Waals surface area contributed by atoms with E-state index in [2.05, 4.69) is 91.3 Å². The van der Waals surface area contributed by atoms with Gasteiger partial charge in [-0.15, -0.1) is 0 Å². The van der Waals surface area contributed by atoms with Crippen LogP contribution in [0.3, 0.4) is 0 Å².